The van der Waals surface area contributed by atoms with Gasteiger partial charge in [0, 0.05) is 24.4 Å². The Morgan fingerprint density at radius 2 is 1.58 bits per heavy atom. The van der Waals surface area contributed by atoms with Crippen LogP contribution in [0, 0.1) is 6.92 Å². The Hall–Kier alpha value is -3.28. The number of methoxy groups -OCH3 is 2. The molecule has 1 aromatic heterocycles. The number of anilines is 3. The van der Waals surface area contributed by atoms with Crippen molar-refractivity contribution in [2.45, 2.75) is 13.5 Å². The van der Waals surface area contributed by atoms with Gasteiger partial charge in [0.15, 0.2) is 11.5 Å². The van der Waals surface area contributed by atoms with E-state index in [1.54, 1.807) is 14.2 Å². The number of hydrogen-bond acceptors (Lipinski definition) is 6. The predicted octanol–water partition coefficient (Wildman–Crippen LogP) is 4.16. The normalized spacial score (nSPS) is 10.3. The summed E-state index contributed by atoms with van der Waals surface area (Å²) in [6.07, 6.45) is 1.53. The maximum absolute atomic E-state index is 5.32. The monoisotopic (exact) mass is 350 g/mol. The van der Waals surface area contributed by atoms with Gasteiger partial charge in [0.1, 0.15) is 18.0 Å². The summed E-state index contributed by atoms with van der Waals surface area (Å²) in [5, 5.41) is 6.56. The molecule has 6 nitrogen and oxygen atoms in total. The number of aryl methyl sites for hydroxylation is 1. The van der Waals surface area contributed by atoms with Crippen molar-refractivity contribution in [3.63, 3.8) is 0 Å². The third-order valence-corrected chi connectivity index (χ3v) is 3.92. The summed E-state index contributed by atoms with van der Waals surface area (Å²) in [4.78, 5) is 8.53. The first-order valence-electron chi connectivity index (χ1n) is 8.28. The molecule has 26 heavy (non-hydrogen) atoms. The Morgan fingerprint density at radius 1 is 0.846 bits per heavy atom. The average molecular weight is 350 g/mol. The number of benzene rings is 2. The minimum Gasteiger partial charge on any atom is -0.493 e. The van der Waals surface area contributed by atoms with Crippen molar-refractivity contribution in [1.29, 1.82) is 0 Å². The van der Waals surface area contributed by atoms with Crippen LogP contribution in [-0.4, -0.2) is 24.2 Å². The molecule has 0 aliphatic rings. The van der Waals surface area contributed by atoms with Crippen LogP contribution in [0.4, 0.5) is 17.3 Å². The first-order chi connectivity index (χ1) is 12.7. The molecule has 1 heterocycles. The lowest BCUT2D eigenvalue weighted by Gasteiger charge is -2.12. The zero-order valence-electron chi connectivity index (χ0n) is 15.1. The molecular weight excluding hydrogens is 328 g/mol. The molecule has 6 heteroatoms. The molecule has 0 aliphatic carbocycles. The smallest absolute Gasteiger partial charge is 0.162 e. The van der Waals surface area contributed by atoms with E-state index in [1.807, 2.05) is 24.3 Å². The minimum atomic E-state index is 0.657. The second kappa shape index (κ2) is 8.20. The van der Waals surface area contributed by atoms with E-state index in [0.29, 0.717) is 23.9 Å². The van der Waals surface area contributed by atoms with E-state index in [0.717, 1.165) is 11.5 Å². The molecule has 0 atom stereocenters. The molecular formula is C20H22N4O2. The van der Waals surface area contributed by atoms with E-state index < -0.39 is 0 Å². The Balaban J connectivity index is 1.68. The molecule has 0 saturated carbocycles. The quantitative estimate of drug-likeness (QED) is 0.667. The summed E-state index contributed by atoms with van der Waals surface area (Å²) in [6.45, 7) is 2.78. The Morgan fingerprint density at radius 3 is 2.31 bits per heavy atom. The lowest BCUT2D eigenvalue weighted by Crippen LogP contribution is -2.03. The maximum atomic E-state index is 5.32. The van der Waals surface area contributed by atoms with Crippen LogP contribution in [0.5, 0.6) is 11.5 Å². The third-order valence-electron chi connectivity index (χ3n) is 3.92. The zero-order chi connectivity index (χ0) is 18.4. The van der Waals surface area contributed by atoms with Gasteiger partial charge >= 0.3 is 0 Å². The van der Waals surface area contributed by atoms with Crippen LogP contribution in [0.15, 0.2) is 54.9 Å². The molecule has 0 spiro atoms. The SMILES string of the molecule is COc1ccc(Nc2cc(NCc3ccc(C)cc3)ncn2)cc1OC. The van der Waals surface area contributed by atoms with Crippen molar-refractivity contribution < 1.29 is 9.47 Å². The molecule has 2 aromatic carbocycles. The topological polar surface area (TPSA) is 68.3 Å². The number of hydrogen-bond donors (Lipinski definition) is 2. The van der Waals surface area contributed by atoms with E-state index in [2.05, 4.69) is 51.8 Å². The molecule has 0 bridgehead atoms. The molecule has 3 aromatic rings. The minimum absolute atomic E-state index is 0.657. The summed E-state index contributed by atoms with van der Waals surface area (Å²) < 4.78 is 10.6. The Kier molecular flexibility index (Phi) is 5.53. The van der Waals surface area contributed by atoms with Gasteiger partial charge in [-0.3, -0.25) is 0 Å². The lowest BCUT2D eigenvalue weighted by atomic mass is 10.1. The van der Waals surface area contributed by atoms with Crippen LogP contribution in [0.2, 0.25) is 0 Å². The molecule has 0 aliphatic heterocycles. The van der Waals surface area contributed by atoms with Crippen molar-refractivity contribution in [1.82, 2.24) is 9.97 Å². The van der Waals surface area contributed by atoms with Crippen LogP contribution >= 0.6 is 0 Å². The fourth-order valence-corrected chi connectivity index (χ4v) is 2.48. The van der Waals surface area contributed by atoms with Gasteiger partial charge in [-0.2, -0.15) is 0 Å². The van der Waals surface area contributed by atoms with E-state index in [4.69, 9.17) is 9.47 Å². The number of aromatic nitrogens is 2. The van der Waals surface area contributed by atoms with E-state index in [9.17, 15) is 0 Å². The van der Waals surface area contributed by atoms with Crippen LogP contribution in [0.3, 0.4) is 0 Å². The summed E-state index contributed by atoms with van der Waals surface area (Å²) in [6, 6.07) is 15.9. The lowest BCUT2D eigenvalue weighted by molar-refractivity contribution is 0.355. The van der Waals surface area contributed by atoms with Gasteiger partial charge in [0.25, 0.3) is 0 Å². The third kappa shape index (κ3) is 4.42. The van der Waals surface area contributed by atoms with Crippen molar-refractivity contribution in [2.75, 3.05) is 24.9 Å². The van der Waals surface area contributed by atoms with Gasteiger partial charge in [-0.15, -0.1) is 0 Å². The second-order valence-electron chi connectivity index (χ2n) is 5.82. The van der Waals surface area contributed by atoms with Crippen molar-refractivity contribution in [3.8, 4) is 11.5 Å². The highest BCUT2D eigenvalue weighted by Crippen LogP contribution is 2.30. The number of nitrogens with one attached hydrogen (secondary N) is 2. The molecule has 134 valence electrons. The molecule has 0 amide bonds. The zero-order valence-corrected chi connectivity index (χ0v) is 15.1. The molecule has 2 N–H and O–H groups in total. The summed E-state index contributed by atoms with van der Waals surface area (Å²) in [5.41, 5.74) is 3.30. The van der Waals surface area contributed by atoms with Crippen LogP contribution in [0.1, 0.15) is 11.1 Å². The summed E-state index contributed by atoms with van der Waals surface area (Å²) in [5.74, 6) is 2.78. The fourth-order valence-electron chi connectivity index (χ4n) is 2.48. The standard InChI is InChI=1S/C20H22N4O2/c1-14-4-6-15(7-5-14)12-21-19-11-20(23-13-22-19)24-16-8-9-17(25-2)18(10-16)26-3/h4-11,13H,12H2,1-3H3,(H2,21,22,23,24). The van der Waals surface area contributed by atoms with Crippen molar-refractivity contribution in [3.05, 3.63) is 66.0 Å². The second-order valence-corrected chi connectivity index (χ2v) is 5.82. The largest absolute Gasteiger partial charge is 0.493 e. The first kappa shape index (κ1) is 17.5. The number of nitrogens with zero attached hydrogens (tertiary/aromatic N) is 2. The molecule has 0 saturated heterocycles. The molecule has 3 rings (SSSR count). The van der Waals surface area contributed by atoms with Crippen molar-refractivity contribution in [2.24, 2.45) is 0 Å². The Labute approximate surface area is 153 Å². The molecule has 0 radical (unpaired) electrons. The van der Waals surface area contributed by atoms with E-state index in [1.165, 1.54) is 17.5 Å². The highest BCUT2D eigenvalue weighted by Gasteiger charge is 2.06. The number of ether oxygens (including phenoxy) is 2. The van der Waals surface area contributed by atoms with Gasteiger partial charge in [-0.25, -0.2) is 9.97 Å². The van der Waals surface area contributed by atoms with Gasteiger partial charge in [0.2, 0.25) is 0 Å². The highest BCUT2D eigenvalue weighted by molar-refractivity contribution is 5.62. The van der Waals surface area contributed by atoms with Gasteiger partial charge < -0.3 is 20.1 Å². The van der Waals surface area contributed by atoms with Crippen LogP contribution in [0.25, 0.3) is 0 Å². The summed E-state index contributed by atoms with van der Waals surface area (Å²) in [7, 11) is 3.22. The van der Waals surface area contributed by atoms with Gasteiger partial charge in [-0.1, -0.05) is 29.8 Å². The fraction of sp³-hybridized carbons (Fsp3) is 0.200. The van der Waals surface area contributed by atoms with Crippen LogP contribution in [-0.2, 0) is 6.54 Å². The maximum Gasteiger partial charge on any atom is 0.162 e. The average Bonchev–Trinajstić information content (AvgIpc) is 2.68. The Bertz CT molecular complexity index is 866. The van der Waals surface area contributed by atoms with E-state index in [-0.39, 0.29) is 0 Å². The van der Waals surface area contributed by atoms with Crippen molar-refractivity contribution >= 4 is 17.3 Å². The predicted molar refractivity (Wildman–Crippen MR) is 103 cm³/mol. The molecule has 0 unspecified atom stereocenters. The first-order valence-corrected chi connectivity index (χ1v) is 8.28. The highest BCUT2D eigenvalue weighted by atomic mass is 16.5. The number of rotatable bonds is 7. The molecule has 0 fully saturated rings. The van der Waals surface area contributed by atoms with Gasteiger partial charge in [0.05, 0.1) is 14.2 Å². The van der Waals surface area contributed by atoms with E-state index >= 15 is 0 Å². The summed E-state index contributed by atoms with van der Waals surface area (Å²) >= 11 is 0. The van der Waals surface area contributed by atoms with Crippen LogP contribution < -0.4 is 20.1 Å². The van der Waals surface area contributed by atoms with Gasteiger partial charge in [-0.05, 0) is 24.6 Å².